The van der Waals surface area contributed by atoms with Gasteiger partial charge in [0.15, 0.2) is 0 Å². The van der Waals surface area contributed by atoms with Gasteiger partial charge in [-0.3, -0.25) is 0 Å². The summed E-state index contributed by atoms with van der Waals surface area (Å²) in [6.45, 7) is 11.5. The Hall–Kier alpha value is -1.67. The van der Waals surface area contributed by atoms with Gasteiger partial charge in [-0.05, 0) is 59.9 Å². The minimum Gasteiger partial charge on any atom is -0.346 e. The Labute approximate surface area is 151 Å². The molecular weight excluding hydrogens is 310 g/mol. The molecule has 0 radical (unpaired) electrons. The van der Waals surface area contributed by atoms with Crippen LogP contribution in [0.5, 0.6) is 0 Å². The van der Waals surface area contributed by atoms with Crippen molar-refractivity contribution in [3.63, 3.8) is 0 Å². The third-order valence-electron chi connectivity index (χ3n) is 5.42. The fourth-order valence-electron chi connectivity index (χ4n) is 3.57. The van der Waals surface area contributed by atoms with Gasteiger partial charge in [-0.2, -0.15) is 0 Å². The summed E-state index contributed by atoms with van der Waals surface area (Å²) in [7, 11) is 0. The van der Waals surface area contributed by atoms with E-state index in [4.69, 9.17) is 12.2 Å². The minimum atomic E-state index is 0.209. The highest BCUT2D eigenvalue weighted by Crippen LogP contribution is 2.45. The number of aryl methyl sites for hydroxylation is 1. The van der Waals surface area contributed by atoms with Crippen LogP contribution in [0.15, 0.2) is 42.5 Å². The molecule has 0 spiro atoms. The smallest absolute Gasteiger partial charge is 0.110 e. The molecule has 126 valence electrons. The van der Waals surface area contributed by atoms with E-state index in [-0.39, 0.29) is 10.8 Å². The van der Waals surface area contributed by atoms with Gasteiger partial charge in [0.05, 0.1) is 0 Å². The van der Waals surface area contributed by atoms with Gasteiger partial charge < -0.3 is 5.32 Å². The predicted molar refractivity (Wildman–Crippen MR) is 108 cm³/mol. The van der Waals surface area contributed by atoms with E-state index in [9.17, 15) is 0 Å². The van der Waals surface area contributed by atoms with Crippen LogP contribution in [0.1, 0.15) is 62.8 Å². The molecule has 0 unspecified atom stereocenters. The van der Waals surface area contributed by atoms with Crippen LogP contribution in [0.4, 0.5) is 5.69 Å². The summed E-state index contributed by atoms with van der Waals surface area (Å²) in [6.07, 6.45) is 2.45. The van der Waals surface area contributed by atoms with Gasteiger partial charge in [0.25, 0.3) is 0 Å². The summed E-state index contributed by atoms with van der Waals surface area (Å²) in [5.41, 5.74) is 6.78. The SMILES string of the molecule is Cc1ccc(NC(=S)c2ccc3c(c2)C(C)(C)CCC3(C)C)cc1. The Morgan fingerprint density at radius 3 is 2.08 bits per heavy atom. The first-order chi connectivity index (χ1) is 11.2. The second-order valence-corrected chi connectivity index (χ2v) is 8.76. The van der Waals surface area contributed by atoms with E-state index in [0.717, 1.165) is 16.2 Å². The monoisotopic (exact) mass is 337 g/mol. The van der Waals surface area contributed by atoms with Crippen molar-refractivity contribution in [3.8, 4) is 0 Å². The van der Waals surface area contributed by atoms with E-state index in [1.165, 1.54) is 29.5 Å². The van der Waals surface area contributed by atoms with Crippen LogP contribution in [-0.2, 0) is 10.8 Å². The summed E-state index contributed by atoms with van der Waals surface area (Å²) >= 11 is 5.66. The Morgan fingerprint density at radius 1 is 0.875 bits per heavy atom. The fourth-order valence-corrected chi connectivity index (χ4v) is 3.81. The van der Waals surface area contributed by atoms with Gasteiger partial charge in [-0.25, -0.2) is 0 Å². The van der Waals surface area contributed by atoms with E-state index < -0.39 is 0 Å². The quantitative estimate of drug-likeness (QED) is 0.661. The molecule has 2 aromatic rings. The molecule has 0 aliphatic heterocycles. The van der Waals surface area contributed by atoms with Crippen molar-refractivity contribution in [1.82, 2.24) is 0 Å². The van der Waals surface area contributed by atoms with E-state index in [1.54, 1.807) is 0 Å². The Bertz CT molecular complexity index is 769. The van der Waals surface area contributed by atoms with Crippen LogP contribution < -0.4 is 5.32 Å². The Kier molecular flexibility index (Phi) is 4.29. The molecule has 1 aliphatic carbocycles. The number of hydrogen-bond donors (Lipinski definition) is 1. The average molecular weight is 338 g/mol. The zero-order valence-corrected chi connectivity index (χ0v) is 16.2. The molecular formula is C22H27NS. The summed E-state index contributed by atoms with van der Waals surface area (Å²) in [5.74, 6) is 0. The molecule has 1 aliphatic rings. The van der Waals surface area contributed by atoms with Crippen LogP contribution in [0.3, 0.4) is 0 Å². The lowest BCUT2D eigenvalue weighted by atomic mass is 9.63. The normalized spacial score (nSPS) is 17.9. The molecule has 0 heterocycles. The van der Waals surface area contributed by atoms with Crippen molar-refractivity contribution in [3.05, 3.63) is 64.7 Å². The number of anilines is 1. The number of thiocarbonyl (C=S) groups is 1. The summed E-state index contributed by atoms with van der Waals surface area (Å²) < 4.78 is 0. The highest BCUT2D eigenvalue weighted by atomic mass is 32.1. The lowest BCUT2D eigenvalue weighted by Crippen LogP contribution is -2.34. The topological polar surface area (TPSA) is 12.0 Å². The largest absolute Gasteiger partial charge is 0.346 e. The molecule has 2 heteroatoms. The van der Waals surface area contributed by atoms with Gasteiger partial charge in [-0.15, -0.1) is 0 Å². The van der Waals surface area contributed by atoms with E-state index in [2.05, 4.69) is 82.4 Å². The van der Waals surface area contributed by atoms with Crippen molar-refractivity contribution >= 4 is 22.9 Å². The van der Waals surface area contributed by atoms with Crippen molar-refractivity contribution < 1.29 is 0 Å². The van der Waals surface area contributed by atoms with Gasteiger partial charge in [0.2, 0.25) is 0 Å². The maximum Gasteiger partial charge on any atom is 0.110 e. The molecule has 0 atom stereocenters. The Balaban J connectivity index is 1.92. The molecule has 0 saturated heterocycles. The van der Waals surface area contributed by atoms with Crippen molar-refractivity contribution in [2.24, 2.45) is 0 Å². The maximum absolute atomic E-state index is 5.66. The lowest BCUT2D eigenvalue weighted by molar-refractivity contribution is 0.332. The molecule has 24 heavy (non-hydrogen) atoms. The number of rotatable bonds is 2. The fraction of sp³-hybridized carbons (Fsp3) is 0.409. The van der Waals surface area contributed by atoms with E-state index in [0.29, 0.717) is 0 Å². The predicted octanol–water partition coefficient (Wildman–Crippen LogP) is 6.13. The van der Waals surface area contributed by atoms with E-state index in [1.807, 2.05) is 0 Å². The van der Waals surface area contributed by atoms with Gasteiger partial charge in [0, 0.05) is 11.3 Å². The first kappa shape index (κ1) is 17.2. The third-order valence-corrected chi connectivity index (χ3v) is 5.76. The second-order valence-electron chi connectivity index (χ2n) is 8.35. The minimum absolute atomic E-state index is 0.209. The van der Waals surface area contributed by atoms with Gasteiger partial charge in [-0.1, -0.05) is 69.7 Å². The molecule has 0 aromatic heterocycles. The second kappa shape index (κ2) is 6.00. The van der Waals surface area contributed by atoms with Gasteiger partial charge in [0.1, 0.15) is 4.99 Å². The molecule has 0 amide bonds. The Morgan fingerprint density at radius 2 is 1.46 bits per heavy atom. The molecule has 1 nitrogen and oxygen atoms in total. The van der Waals surface area contributed by atoms with Crippen LogP contribution >= 0.6 is 12.2 Å². The lowest BCUT2D eigenvalue weighted by Gasteiger charge is -2.42. The number of fused-ring (bicyclic) bond motifs is 1. The first-order valence-electron chi connectivity index (χ1n) is 8.72. The maximum atomic E-state index is 5.66. The molecule has 0 fully saturated rings. The molecule has 2 aromatic carbocycles. The summed E-state index contributed by atoms with van der Waals surface area (Å²) in [4.78, 5) is 0.792. The molecule has 0 saturated carbocycles. The third kappa shape index (κ3) is 3.25. The molecule has 3 rings (SSSR count). The summed E-state index contributed by atoms with van der Waals surface area (Å²) in [5, 5.41) is 3.37. The summed E-state index contributed by atoms with van der Waals surface area (Å²) in [6, 6.07) is 15.1. The van der Waals surface area contributed by atoms with Crippen LogP contribution in [0, 0.1) is 6.92 Å². The van der Waals surface area contributed by atoms with Crippen molar-refractivity contribution in [2.75, 3.05) is 5.32 Å². The van der Waals surface area contributed by atoms with E-state index >= 15 is 0 Å². The zero-order chi connectivity index (χ0) is 17.5. The number of benzene rings is 2. The van der Waals surface area contributed by atoms with Crippen LogP contribution in [0.2, 0.25) is 0 Å². The number of hydrogen-bond acceptors (Lipinski definition) is 1. The highest BCUT2D eigenvalue weighted by Gasteiger charge is 2.37. The zero-order valence-electron chi connectivity index (χ0n) is 15.4. The van der Waals surface area contributed by atoms with Crippen molar-refractivity contribution in [1.29, 1.82) is 0 Å². The first-order valence-corrected chi connectivity index (χ1v) is 9.13. The van der Waals surface area contributed by atoms with Gasteiger partial charge >= 0.3 is 0 Å². The molecule has 1 N–H and O–H groups in total. The van der Waals surface area contributed by atoms with Crippen LogP contribution in [-0.4, -0.2) is 4.99 Å². The standard InChI is InChI=1S/C22H27NS/c1-15-6-9-17(10-7-15)23-20(24)16-8-11-18-19(14-16)22(4,5)13-12-21(18,2)3/h6-11,14H,12-13H2,1-5H3,(H,23,24). The van der Waals surface area contributed by atoms with Crippen LogP contribution in [0.25, 0.3) is 0 Å². The number of nitrogens with one attached hydrogen (secondary N) is 1. The molecule has 0 bridgehead atoms. The van der Waals surface area contributed by atoms with Crippen molar-refractivity contribution in [2.45, 2.75) is 58.3 Å². The average Bonchev–Trinajstić information content (AvgIpc) is 2.54. The highest BCUT2D eigenvalue weighted by molar-refractivity contribution is 7.81.